The van der Waals surface area contributed by atoms with E-state index in [1.807, 2.05) is 51.1 Å². The number of rotatable bonds is 2. The minimum absolute atomic E-state index is 0.366. The molecule has 0 spiro atoms. The van der Waals surface area contributed by atoms with E-state index in [4.69, 9.17) is 14.5 Å². The molecular weight excluding hydrogens is 232 g/mol. The van der Waals surface area contributed by atoms with E-state index >= 15 is 0 Å². The first-order valence-electron chi connectivity index (χ1n) is 6.00. The van der Waals surface area contributed by atoms with Crippen LogP contribution in [0, 0.1) is 0 Å². The zero-order valence-electron chi connectivity index (χ0n) is 11.1. The van der Waals surface area contributed by atoms with E-state index < -0.39 is 17.2 Å². The summed E-state index contributed by atoms with van der Waals surface area (Å²) in [5.41, 5.74) is -0.954. The predicted octanol–water partition coefficient (Wildman–Crippen LogP) is 2.57. The van der Waals surface area contributed by atoms with E-state index in [0.717, 1.165) is 5.56 Å². The molecule has 1 fully saturated rings. The summed E-state index contributed by atoms with van der Waals surface area (Å²) in [6, 6.07) is 9.27. The van der Waals surface area contributed by atoms with Crippen LogP contribution in [0.1, 0.15) is 33.3 Å². The summed E-state index contributed by atoms with van der Waals surface area (Å²) < 4.78 is 5.43. The molecule has 0 N–H and O–H groups in total. The van der Waals surface area contributed by atoms with Crippen LogP contribution in [0.3, 0.4) is 0 Å². The Hall–Kier alpha value is -1.39. The predicted molar refractivity (Wildman–Crippen MR) is 65.6 cm³/mol. The Morgan fingerprint density at radius 3 is 2.28 bits per heavy atom. The van der Waals surface area contributed by atoms with Crippen molar-refractivity contribution in [3.05, 3.63) is 35.9 Å². The van der Waals surface area contributed by atoms with Crippen molar-refractivity contribution in [2.75, 3.05) is 0 Å². The molecule has 1 aliphatic rings. The second-order valence-electron chi connectivity index (χ2n) is 5.43. The number of esters is 1. The van der Waals surface area contributed by atoms with Gasteiger partial charge in [0.1, 0.15) is 11.7 Å². The van der Waals surface area contributed by atoms with Gasteiger partial charge < -0.3 is 4.74 Å². The van der Waals surface area contributed by atoms with Crippen molar-refractivity contribution in [3.63, 3.8) is 0 Å². The Morgan fingerprint density at radius 1 is 1.28 bits per heavy atom. The number of carbonyl (C=O) groups excluding carboxylic acids is 1. The standard InChI is InChI=1S/C14H18O4/c1-10-14(18-17-10,11-8-6-5-7-9-11)12(15)16-13(2,3)4/h5-10H,1-4H3. The van der Waals surface area contributed by atoms with Gasteiger partial charge in [-0.15, -0.1) is 0 Å². The molecule has 2 rings (SSSR count). The van der Waals surface area contributed by atoms with Crippen molar-refractivity contribution in [2.45, 2.75) is 45.0 Å². The molecule has 0 bridgehead atoms. The zero-order valence-corrected chi connectivity index (χ0v) is 11.1. The van der Waals surface area contributed by atoms with Crippen molar-refractivity contribution in [1.82, 2.24) is 0 Å². The molecule has 1 saturated heterocycles. The van der Waals surface area contributed by atoms with Gasteiger partial charge in [0, 0.05) is 5.56 Å². The van der Waals surface area contributed by atoms with Gasteiger partial charge in [0.25, 0.3) is 5.60 Å². The summed E-state index contributed by atoms with van der Waals surface area (Å²) in [5, 5.41) is 0. The monoisotopic (exact) mass is 250 g/mol. The van der Waals surface area contributed by atoms with E-state index in [0.29, 0.717) is 0 Å². The van der Waals surface area contributed by atoms with Crippen molar-refractivity contribution in [3.8, 4) is 0 Å². The van der Waals surface area contributed by atoms with E-state index in [-0.39, 0.29) is 6.10 Å². The zero-order chi connectivity index (χ0) is 13.4. The van der Waals surface area contributed by atoms with Gasteiger partial charge in [-0.25, -0.2) is 14.6 Å². The average Bonchev–Trinajstić information content (AvgIpc) is 2.26. The highest BCUT2D eigenvalue weighted by Crippen LogP contribution is 2.41. The van der Waals surface area contributed by atoms with Crippen LogP contribution < -0.4 is 0 Å². The van der Waals surface area contributed by atoms with Crippen LogP contribution in [-0.4, -0.2) is 17.7 Å². The normalized spacial score (nSPS) is 27.4. The molecule has 1 aromatic rings. The number of benzene rings is 1. The first-order valence-corrected chi connectivity index (χ1v) is 6.00. The third kappa shape index (κ3) is 2.13. The lowest BCUT2D eigenvalue weighted by Crippen LogP contribution is -2.59. The lowest BCUT2D eigenvalue weighted by atomic mass is 9.87. The number of carbonyl (C=O) groups is 1. The van der Waals surface area contributed by atoms with Gasteiger partial charge in [-0.05, 0) is 27.7 Å². The molecule has 18 heavy (non-hydrogen) atoms. The summed E-state index contributed by atoms with van der Waals surface area (Å²) in [4.78, 5) is 22.4. The summed E-state index contributed by atoms with van der Waals surface area (Å²) in [7, 11) is 0. The first-order chi connectivity index (χ1) is 8.36. The second-order valence-corrected chi connectivity index (χ2v) is 5.43. The molecule has 0 aromatic heterocycles. The van der Waals surface area contributed by atoms with Crippen LogP contribution >= 0.6 is 0 Å². The smallest absolute Gasteiger partial charge is 0.349 e. The summed E-state index contributed by atoms with van der Waals surface area (Å²) in [6.07, 6.45) is -0.366. The minimum atomic E-state index is -1.14. The molecule has 0 amide bonds. The maximum absolute atomic E-state index is 12.3. The third-order valence-electron chi connectivity index (χ3n) is 2.80. The molecule has 2 unspecified atom stereocenters. The van der Waals surface area contributed by atoms with Crippen molar-refractivity contribution >= 4 is 5.97 Å². The molecule has 2 atom stereocenters. The van der Waals surface area contributed by atoms with Gasteiger partial charge in [0.15, 0.2) is 0 Å². The number of hydrogen-bond donors (Lipinski definition) is 0. The van der Waals surface area contributed by atoms with Crippen molar-refractivity contribution < 1.29 is 19.3 Å². The van der Waals surface area contributed by atoms with E-state index in [1.54, 1.807) is 6.92 Å². The highest BCUT2D eigenvalue weighted by atomic mass is 17.3. The Morgan fingerprint density at radius 2 is 1.89 bits per heavy atom. The molecule has 1 aromatic carbocycles. The lowest BCUT2D eigenvalue weighted by Gasteiger charge is -2.44. The Bertz CT molecular complexity index is 435. The SMILES string of the molecule is CC1OOC1(C(=O)OC(C)(C)C)c1ccccc1. The van der Waals surface area contributed by atoms with Crippen molar-refractivity contribution in [2.24, 2.45) is 0 Å². The fourth-order valence-corrected chi connectivity index (χ4v) is 1.88. The number of ether oxygens (including phenoxy) is 1. The molecule has 4 nitrogen and oxygen atoms in total. The fraction of sp³-hybridized carbons (Fsp3) is 0.500. The molecule has 0 saturated carbocycles. The quantitative estimate of drug-likeness (QED) is 0.597. The van der Waals surface area contributed by atoms with Crippen molar-refractivity contribution in [1.29, 1.82) is 0 Å². The maximum atomic E-state index is 12.3. The fourth-order valence-electron chi connectivity index (χ4n) is 1.88. The molecule has 1 aliphatic heterocycles. The summed E-state index contributed by atoms with van der Waals surface area (Å²) >= 11 is 0. The Kier molecular flexibility index (Phi) is 3.17. The van der Waals surface area contributed by atoms with Gasteiger partial charge in [0.05, 0.1) is 0 Å². The van der Waals surface area contributed by atoms with Gasteiger partial charge in [-0.2, -0.15) is 0 Å². The second kappa shape index (κ2) is 4.37. The topological polar surface area (TPSA) is 44.8 Å². The summed E-state index contributed by atoms with van der Waals surface area (Å²) in [6.45, 7) is 7.27. The van der Waals surface area contributed by atoms with Crippen LogP contribution in [-0.2, 0) is 24.9 Å². The largest absolute Gasteiger partial charge is 0.457 e. The minimum Gasteiger partial charge on any atom is -0.457 e. The molecule has 0 aliphatic carbocycles. The molecule has 98 valence electrons. The van der Waals surface area contributed by atoms with E-state index in [1.165, 1.54) is 0 Å². The Balaban J connectivity index is 2.32. The van der Waals surface area contributed by atoms with Gasteiger partial charge in [0.2, 0.25) is 0 Å². The average molecular weight is 250 g/mol. The van der Waals surface area contributed by atoms with Crippen LogP contribution in [0.15, 0.2) is 30.3 Å². The third-order valence-corrected chi connectivity index (χ3v) is 2.80. The molecule has 1 heterocycles. The highest BCUT2D eigenvalue weighted by Gasteiger charge is 2.59. The lowest BCUT2D eigenvalue weighted by molar-refractivity contribution is -0.501. The van der Waals surface area contributed by atoms with Gasteiger partial charge in [-0.3, -0.25) is 0 Å². The molecular formula is C14H18O4. The Labute approximate surface area is 107 Å². The highest BCUT2D eigenvalue weighted by molar-refractivity contribution is 5.83. The van der Waals surface area contributed by atoms with Crippen LogP contribution in [0.4, 0.5) is 0 Å². The maximum Gasteiger partial charge on any atom is 0.349 e. The first kappa shape index (κ1) is 13.1. The van der Waals surface area contributed by atoms with Gasteiger partial charge >= 0.3 is 5.97 Å². The van der Waals surface area contributed by atoms with Crippen LogP contribution in [0.25, 0.3) is 0 Å². The van der Waals surface area contributed by atoms with Gasteiger partial charge in [-0.1, -0.05) is 30.3 Å². The summed E-state index contributed by atoms with van der Waals surface area (Å²) in [5.74, 6) is -0.417. The number of hydrogen-bond acceptors (Lipinski definition) is 4. The van der Waals surface area contributed by atoms with E-state index in [9.17, 15) is 4.79 Å². The van der Waals surface area contributed by atoms with Crippen LogP contribution in [0.5, 0.6) is 0 Å². The van der Waals surface area contributed by atoms with Crippen LogP contribution in [0.2, 0.25) is 0 Å². The molecule has 4 heteroatoms. The molecule has 0 radical (unpaired) electrons. The van der Waals surface area contributed by atoms with E-state index in [2.05, 4.69) is 0 Å².